The molecule has 0 spiro atoms. The first-order valence-corrected chi connectivity index (χ1v) is 9.63. The molecule has 1 aliphatic heterocycles. The average Bonchev–Trinajstić information content (AvgIpc) is 2.48. The number of hydrogen-bond donors (Lipinski definition) is 1. The Morgan fingerprint density at radius 2 is 1.92 bits per heavy atom. The SMILES string of the molecule is C[C@H](C[C@H]1CCCCN1C)NS(=O)(=O)c1ccc(OC(F)(F)F)cc1. The van der Waals surface area contributed by atoms with E-state index in [1.54, 1.807) is 6.92 Å². The van der Waals surface area contributed by atoms with E-state index in [1.807, 2.05) is 7.05 Å². The minimum Gasteiger partial charge on any atom is -0.406 e. The van der Waals surface area contributed by atoms with Gasteiger partial charge in [0.05, 0.1) is 4.90 Å². The van der Waals surface area contributed by atoms with E-state index in [0.717, 1.165) is 50.1 Å². The van der Waals surface area contributed by atoms with E-state index in [0.29, 0.717) is 12.5 Å². The van der Waals surface area contributed by atoms with Crippen LogP contribution in [0.25, 0.3) is 0 Å². The van der Waals surface area contributed by atoms with Gasteiger partial charge in [0.2, 0.25) is 10.0 Å². The van der Waals surface area contributed by atoms with Crippen molar-refractivity contribution in [1.29, 1.82) is 0 Å². The fourth-order valence-corrected chi connectivity index (χ4v) is 4.31. The van der Waals surface area contributed by atoms with Gasteiger partial charge < -0.3 is 9.64 Å². The van der Waals surface area contributed by atoms with Crippen molar-refractivity contribution in [1.82, 2.24) is 9.62 Å². The molecule has 9 heteroatoms. The smallest absolute Gasteiger partial charge is 0.406 e. The van der Waals surface area contributed by atoms with Crippen molar-refractivity contribution in [3.05, 3.63) is 24.3 Å². The zero-order valence-electron chi connectivity index (χ0n) is 14.2. The monoisotopic (exact) mass is 380 g/mol. The summed E-state index contributed by atoms with van der Waals surface area (Å²) in [7, 11) is -1.76. The molecule has 0 aromatic heterocycles. The first-order chi connectivity index (χ1) is 11.6. The van der Waals surface area contributed by atoms with Crippen LogP contribution in [0, 0.1) is 0 Å². The third-order valence-corrected chi connectivity index (χ3v) is 5.88. The summed E-state index contributed by atoms with van der Waals surface area (Å²) in [4.78, 5) is 2.14. The second-order valence-corrected chi connectivity index (χ2v) is 8.12. The number of nitrogens with one attached hydrogen (secondary N) is 1. The lowest BCUT2D eigenvalue weighted by Crippen LogP contribution is -2.42. The maximum atomic E-state index is 12.4. The molecule has 1 heterocycles. The molecule has 0 radical (unpaired) electrons. The number of sulfonamides is 1. The van der Waals surface area contributed by atoms with Gasteiger partial charge >= 0.3 is 6.36 Å². The van der Waals surface area contributed by atoms with Crippen molar-refractivity contribution in [2.45, 2.75) is 55.9 Å². The van der Waals surface area contributed by atoms with Crippen molar-refractivity contribution in [3.8, 4) is 5.75 Å². The maximum Gasteiger partial charge on any atom is 0.573 e. The van der Waals surface area contributed by atoms with Crippen molar-refractivity contribution in [2.75, 3.05) is 13.6 Å². The topological polar surface area (TPSA) is 58.6 Å². The normalized spacial score (nSPS) is 21.1. The van der Waals surface area contributed by atoms with Gasteiger partial charge in [-0.25, -0.2) is 13.1 Å². The molecule has 2 rings (SSSR count). The first kappa shape index (κ1) is 20.0. The molecule has 0 unspecified atom stereocenters. The third-order valence-electron chi connectivity index (χ3n) is 4.27. The number of alkyl halides is 3. The van der Waals surface area contributed by atoms with Crippen LogP contribution in [0.15, 0.2) is 29.2 Å². The molecule has 1 fully saturated rings. The Kier molecular flexibility index (Phi) is 6.34. The number of hydrogen-bond acceptors (Lipinski definition) is 4. The molecule has 1 N–H and O–H groups in total. The molecule has 5 nitrogen and oxygen atoms in total. The molecule has 0 aliphatic carbocycles. The van der Waals surface area contributed by atoms with E-state index in [-0.39, 0.29) is 10.9 Å². The third kappa shape index (κ3) is 6.16. The number of piperidine rings is 1. The highest BCUT2D eigenvalue weighted by Gasteiger charge is 2.31. The van der Waals surface area contributed by atoms with Crippen LogP contribution in [0.2, 0.25) is 0 Å². The molecule has 2 atom stereocenters. The highest BCUT2D eigenvalue weighted by molar-refractivity contribution is 7.89. The molecule has 1 aliphatic rings. The number of benzene rings is 1. The highest BCUT2D eigenvalue weighted by atomic mass is 32.2. The van der Waals surface area contributed by atoms with Crippen molar-refractivity contribution in [2.24, 2.45) is 0 Å². The Bertz CT molecular complexity index is 662. The Labute approximate surface area is 146 Å². The summed E-state index contributed by atoms with van der Waals surface area (Å²) in [5, 5.41) is 0. The van der Waals surface area contributed by atoms with Crippen molar-refractivity contribution < 1.29 is 26.3 Å². The lowest BCUT2D eigenvalue weighted by atomic mass is 9.97. The van der Waals surface area contributed by atoms with Gasteiger partial charge in [0.25, 0.3) is 0 Å². The predicted molar refractivity (Wildman–Crippen MR) is 87.8 cm³/mol. The number of ether oxygens (including phenoxy) is 1. The van der Waals surface area contributed by atoms with Crippen LogP contribution < -0.4 is 9.46 Å². The number of rotatable bonds is 6. The van der Waals surface area contributed by atoms with E-state index < -0.39 is 22.1 Å². The van der Waals surface area contributed by atoms with Gasteiger partial charge in [-0.2, -0.15) is 0 Å². The second-order valence-electron chi connectivity index (χ2n) is 6.41. The molecule has 0 bridgehead atoms. The van der Waals surface area contributed by atoms with Crippen LogP contribution in [0.1, 0.15) is 32.6 Å². The Hall–Kier alpha value is -1.32. The maximum absolute atomic E-state index is 12.4. The molecule has 0 amide bonds. The van der Waals surface area contributed by atoms with Gasteiger partial charge in [0.1, 0.15) is 5.75 Å². The van der Waals surface area contributed by atoms with Gasteiger partial charge in [-0.05, 0) is 64.0 Å². The van der Waals surface area contributed by atoms with Crippen molar-refractivity contribution >= 4 is 10.0 Å². The van der Waals surface area contributed by atoms with E-state index in [4.69, 9.17) is 0 Å². The molecular formula is C16H23F3N2O3S. The number of nitrogens with zero attached hydrogens (tertiary/aromatic N) is 1. The summed E-state index contributed by atoms with van der Waals surface area (Å²) in [6, 6.07) is 4.23. The first-order valence-electron chi connectivity index (χ1n) is 8.15. The fraction of sp³-hybridized carbons (Fsp3) is 0.625. The highest BCUT2D eigenvalue weighted by Crippen LogP contribution is 2.24. The van der Waals surface area contributed by atoms with Crippen molar-refractivity contribution in [3.63, 3.8) is 0 Å². The van der Waals surface area contributed by atoms with E-state index >= 15 is 0 Å². The van der Waals surface area contributed by atoms with Gasteiger partial charge in [0, 0.05) is 12.1 Å². The summed E-state index contributed by atoms with van der Waals surface area (Å²) in [6.07, 6.45) is -0.801. The van der Waals surface area contributed by atoms with Gasteiger partial charge in [-0.15, -0.1) is 13.2 Å². The minimum absolute atomic E-state index is 0.0918. The lowest BCUT2D eigenvalue weighted by molar-refractivity contribution is -0.274. The Balaban J connectivity index is 1.98. The molecule has 142 valence electrons. The summed E-state index contributed by atoms with van der Waals surface area (Å²) in [5.41, 5.74) is 0. The lowest BCUT2D eigenvalue weighted by Gasteiger charge is -2.34. The Morgan fingerprint density at radius 1 is 1.28 bits per heavy atom. The summed E-state index contributed by atoms with van der Waals surface area (Å²) in [6.45, 7) is 2.80. The predicted octanol–water partition coefficient (Wildman–Crippen LogP) is 3.13. The standard InChI is InChI=1S/C16H23F3N2O3S/c1-12(11-13-5-3-4-10-21(13)2)20-25(22,23)15-8-6-14(7-9-15)24-16(17,18)19/h6-9,12-13,20H,3-5,10-11H2,1-2H3/t12-,13-/m1/s1. The summed E-state index contributed by atoms with van der Waals surface area (Å²) < 4.78 is 67.5. The van der Waals surface area contributed by atoms with E-state index in [1.165, 1.54) is 0 Å². The molecule has 25 heavy (non-hydrogen) atoms. The molecule has 0 saturated carbocycles. The molecule has 1 aromatic rings. The van der Waals surface area contributed by atoms with Crippen LogP contribution in [0.5, 0.6) is 5.75 Å². The van der Waals surface area contributed by atoms with Crippen LogP contribution in [-0.4, -0.2) is 45.4 Å². The van der Waals surface area contributed by atoms with Crippen LogP contribution >= 0.6 is 0 Å². The molecular weight excluding hydrogens is 357 g/mol. The quantitative estimate of drug-likeness (QED) is 0.824. The van der Waals surface area contributed by atoms with E-state index in [2.05, 4.69) is 14.4 Å². The largest absolute Gasteiger partial charge is 0.573 e. The molecule has 1 saturated heterocycles. The second kappa shape index (κ2) is 7.92. The summed E-state index contributed by atoms with van der Waals surface area (Å²) >= 11 is 0. The van der Waals surface area contributed by atoms with Gasteiger partial charge in [-0.1, -0.05) is 6.42 Å². The van der Waals surface area contributed by atoms with Gasteiger partial charge in [-0.3, -0.25) is 0 Å². The van der Waals surface area contributed by atoms with Crippen LogP contribution in [-0.2, 0) is 10.0 Å². The minimum atomic E-state index is -4.81. The van der Waals surface area contributed by atoms with E-state index in [9.17, 15) is 21.6 Å². The Morgan fingerprint density at radius 3 is 2.48 bits per heavy atom. The average molecular weight is 380 g/mol. The molecule has 1 aromatic carbocycles. The number of halogens is 3. The fourth-order valence-electron chi connectivity index (χ4n) is 3.05. The van der Waals surface area contributed by atoms with Gasteiger partial charge in [0.15, 0.2) is 0 Å². The van der Waals surface area contributed by atoms with Crippen LogP contribution in [0.3, 0.4) is 0 Å². The zero-order valence-corrected chi connectivity index (χ0v) is 15.0. The summed E-state index contributed by atoms with van der Waals surface area (Å²) in [5.74, 6) is -0.455. The van der Waals surface area contributed by atoms with Crippen LogP contribution in [0.4, 0.5) is 13.2 Å². The zero-order chi connectivity index (χ0) is 18.7. The number of likely N-dealkylation sites (tertiary alicyclic amines) is 1.